The highest BCUT2D eigenvalue weighted by molar-refractivity contribution is 9.11. The van der Waals surface area contributed by atoms with E-state index in [-0.39, 0.29) is 6.04 Å². The molecule has 1 unspecified atom stereocenters. The van der Waals surface area contributed by atoms with Crippen LogP contribution in [0.25, 0.3) is 0 Å². The van der Waals surface area contributed by atoms with Crippen molar-refractivity contribution in [2.75, 3.05) is 7.05 Å². The SMILES string of the molecule is CCc1nn(C)c(CC(NC)c2cc(Br)cc(Br)c2)c1Cl. The highest BCUT2D eigenvalue weighted by atomic mass is 79.9. The predicted octanol–water partition coefficient (Wildman–Crippen LogP) is 4.66. The van der Waals surface area contributed by atoms with Gasteiger partial charge in [-0.1, -0.05) is 50.4 Å². The van der Waals surface area contributed by atoms with Gasteiger partial charge >= 0.3 is 0 Å². The summed E-state index contributed by atoms with van der Waals surface area (Å²) in [5, 5.41) is 8.63. The van der Waals surface area contributed by atoms with Crippen LogP contribution in [0, 0.1) is 0 Å². The zero-order valence-electron chi connectivity index (χ0n) is 12.3. The molecule has 0 amide bonds. The molecule has 0 spiro atoms. The predicted molar refractivity (Wildman–Crippen MR) is 94.9 cm³/mol. The van der Waals surface area contributed by atoms with Gasteiger partial charge in [-0.15, -0.1) is 0 Å². The molecule has 3 nitrogen and oxygen atoms in total. The van der Waals surface area contributed by atoms with Crippen molar-refractivity contribution in [1.82, 2.24) is 15.1 Å². The van der Waals surface area contributed by atoms with Crippen LogP contribution in [0.5, 0.6) is 0 Å². The summed E-state index contributed by atoms with van der Waals surface area (Å²) < 4.78 is 3.99. The maximum Gasteiger partial charge on any atom is 0.0850 e. The highest BCUT2D eigenvalue weighted by Gasteiger charge is 2.19. The Balaban J connectivity index is 2.33. The van der Waals surface area contributed by atoms with Crippen LogP contribution in [0.1, 0.15) is 29.9 Å². The van der Waals surface area contributed by atoms with Crippen LogP contribution in [-0.4, -0.2) is 16.8 Å². The van der Waals surface area contributed by atoms with Gasteiger partial charge in [0.2, 0.25) is 0 Å². The average Bonchev–Trinajstić information content (AvgIpc) is 2.70. The van der Waals surface area contributed by atoms with E-state index in [1.165, 1.54) is 5.56 Å². The van der Waals surface area contributed by atoms with Gasteiger partial charge in [-0.05, 0) is 37.2 Å². The van der Waals surface area contributed by atoms with Crippen LogP contribution < -0.4 is 5.32 Å². The van der Waals surface area contributed by atoms with Crippen LogP contribution in [-0.2, 0) is 19.9 Å². The largest absolute Gasteiger partial charge is 0.313 e. The Bertz CT molecular complexity index is 620. The van der Waals surface area contributed by atoms with E-state index in [4.69, 9.17) is 11.6 Å². The van der Waals surface area contributed by atoms with E-state index in [0.717, 1.165) is 38.2 Å². The Hall–Kier alpha value is -0.360. The van der Waals surface area contributed by atoms with Crippen LogP contribution in [0.3, 0.4) is 0 Å². The fourth-order valence-corrected chi connectivity index (χ4v) is 4.10. The van der Waals surface area contributed by atoms with E-state index in [1.807, 2.05) is 24.8 Å². The quantitative estimate of drug-likeness (QED) is 0.740. The van der Waals surface area contributed by atoms with Gasteiger partial charge in [0.25, 0.3) is 0 Å². The molecular weight excluding hydrogens is 417 g/mol. The number of benzene rings is 1. The number of aryl methyl sites for hydroxylation is 2. The van der Waals surface area contributed by atoms with Crippen molar-refractivity contribution in [2.45, 2.75) is 25.8 Å². The van der Waals surface area contributed by atoms with E-state index in [1.54, 1.807) is 0 Å². The third-order valence-electron chi connectivity index (χ3n) is 3.54. The van der Waals surface area contributed by atoms with Crippen molar-refractivity contribution < 1.29 is 0 Å². The van der Waals surface area contributed by atoms with Gasteiger partial charge in [-0.2, -0.15) is 5.10 Å². The van der Waals surface area contributed by atoms with E-state index < -0.39 is 0 Å². The number of rotatable bonds is 5. The van der Waals surface area contributed by atoms with Gasteiger partial charge in [0.1, 0.15) is 0 Å². The number of hydrogen-bond acceptors (Lipinski definition) is 2. The number of aromatic nitrogens is 2. The summed E-state index contributed by atoms with van der Waals surface area (Å²) in [4.78, 5) is 0. The summed E-state index contributed by atoms with van der Waals surface area (Å²) in [5.41, 5.74) is 3.22. The molecule has 1 N–H and O–H groups in total. The molecule has 1 aromatic carbocycles. The van der Waals surface area contributed by atoms with Crippen molar-refractivity contribution in [3.05, 3.63) is 49.1 Å². The Kier molecular flexibility index (Phi) is 5.88. The molecule has 6 heteroatoms. The average molecular weight is 436 g/mol. The second kappa shape index (κ2) is 7.27. The smallest absolute Gasteiger partial charge is 0.0850 e. The molecular formula is C15H18Br2ClN3. The lowest BCUT2D eigenvalue weighted by atomic mass is 10.0. The first kappa shape index (κ1) is 17.0. The van der Waals surface area contributed by atoms with Crippen molar-refractivity contribution in [3.63, 3.8) is 0 Å². The Morgan fingerprint density at radius 3 is 2.38 bits per heavy atom. The number of likely N-dealkylation sites (N-methyl/N-ethyl adjacent to an activating group) is 1. The van der Waals surface area contributed by atoms with E-state index in [9.17, 15) is 0 Å². The number of hydrogen-bond donors (Lipinski definition) is 1. The minimum atomic E-state index is 0.177. The summed E-state index contributed by atoms with van der Waals surface area (Å²) >= 11 is 13.5. The summed E-state index contributed by atoms with van der Waals surface area (Å²) in [7, 11) is 3.91. The monoisotopic (exact) mass is 433 g/mol. The zero-order valence-corrected chi connectivity index (χ0v) is 16.2. The van der Waals surface area contributed by atoms with Crippen molar-refractivity contribution in [2.24, 2.45) is 7.05 Å². The van der Waals surface area contributed by atoms with E-state index in [2.05, 4.69) is 61.3 Å². The summed E-state index contributed by atoms with van der Waals surface area (Å²) in [5.74, 6) is 0. The summed E-state index contributed by atoms with van der Waals surface area (Å²) in [6.45, 7) is 2.07. The molecule has 0 aliphatic rings. The number of nitrogens with zero attached hydrogens (tertiary/aromatic N) is 2. The Labute approximate surface area is 147 Å². The zero-order chi connectivity index (χ0) is 15.6. The lowest BCUT2D eigenvalue weighted by Crippen LogP contribution is -2.20. The maximum atomic E-state index is 6.45. The molecule has 0 aliphatic heterocycles. The Morgan fingerprint density at radius 2 is 1.90 bits per heavy atom. The molecule has 114 valence electrons. The molecule has 0 bridgehead atoms. The van der Waals surface area contributed by atoms with E-state index in [0.29, 0.717) is 0 Å². The molecule has 21 heavy (non-hydrogen) atoms. The van der Waals surface area contributed by atoms with Gasteiger partial charge in [0.05, 0.1) is 16.4 Å². The molecule has 0 saturated heterocycles. The summed E-state index contributed by atoms with van der Waals surface area (Å²) in [6.07, 6.45) is 1.64. The first-order chi connectivity index (χ1) is 9.96. The van der Waals surface area contributed by atoms with Crippen molar-refractivity contribution in [3.8, 4) is 0 Å². The molecule has 1 heterocycles. The lowest BCUT2D eigenvalue weighted by Gasteiger charge is -2.18. The minimum Gasteiger partial charge on any atom is -0.313 e. The van der Waals surface area contributed by atoms with Crippen LogP contribution in [0.2, 0.25) is 5.02 Å². The van der Waals surface area contributed by atoms with Gasteiger partial charge in [0, 0.05) is 28.5 Å². The van der Waals surface area contributed by atoms with Crippen LogP contribution in [0.4, 0.5) is 0 Å². The van der Waals surface area contributed by atoms with Gasteiger partial charge in [-0.3, -0.25) is 4.68 Å². The molecule has 0 radical (unpaired) electrons. The third kappa shape index (κ3) is 3.89. The van der Waals surface area contributed by atoms with Crippen LogP contribution in [0.15, 0.2) is 27.1 Å². The van der Waals surface area contributed by atoms with E-state index >= 15 is 0 Å². The molecule has 1 atom stereocenters. The van der Waals surface area contributed by atoms with Crippen LogP contribution >= 0.6 is 43.5 Å². The number of nitrogens with one attached hydrogen (secondary N) is 1. The minimum absolute atomic E-state index is 0.177. The first-order valence-corrected chi connectivity index (χ1v) is 8.76. The topological polar surface area (TPSA) is 29.9 Å². The normalized spacial score (nSPS) is 12.7. The van der Waals surface area contributed by atoms with Gasteiger partial charge < -0.3 is 5.32 Å². The summed E-state index contributed by atoms with van der Waals surface area (Å²) in [6, 6.07) is 6.45. The number of halogens is 3. The van der Waals surface area contributed by atoms with Crippen molar-refractivity contribution in [1.29, 1.82) is 0 Å². The molecule has 2 aromatic rings. The second-order valence-electron chi connectivity index (χ2n) is 4.93. The standard InChI is InChI=1S/C15H18Br2ClN3/c1-4-12-15(18)14(21(3)20-12)8-13(19-2)9-5-10(16)7-11(17)6-9/h5-7,13,19H,4,8H2,1-3H3. The molecule has 2 rings (SSSR count). The van der Waals surface area contributed by atoms with Crippen molar-refractivity contribution >= 4 is 43.5 Å². The second-order valence-corrected chi connectivity index (χ2v) is 7.14. The van der Waals surface area contributed by atoms with Gasteiger partial charge in [0.15, 0.2) is 0 Å². The lowest BCUT2D eigenvalue weighted by molar-refractivity contribution is 0.561. The Morgan fingerprint density at radius 1 is 1.29 bits per heavy atom. The molecule has 1 aromatic heterocycles. The molecule has 0 aliphatic carbocycles. The third-order valence-corrected chi connectivity index (χ3v) is 4.89. The van der Waals surface area contributed by atoms with Gasteiger partial charge in [-0.25, -0.2) is 0 Å². The fraction of sp³-hybridized carbons (Fsp3) is 0.400. The maximum absolute atomic E-state index is 6.45. The molecule has 0 saturated carbocycles. The highest BCUT2D eigenvalue weighted by Crippen LogP contribution is 2.29. The fourth-order valence-electron chi connectivity index (χ4n) is 2.40. The molecule has 0 fully saturated rings. The first-order valence-electron chi connectivity index (χ1n) is 6.79.